The Kier molecular flexibility index (Phi) is 4.40. The molecule has 18 heavy (non-hydrogen) atoms. The molecule has 1 heterocycles. The van der Waals surface area contributed by atoms with Gasteiger partial charge in [-0.1, -0.05) is 57.2 Å². The van der Waals surface area contributed by atoms with Gasteiger partial charge < -0.3 is 5.32 Å². The van der Waals surface area contributed by atoms with Crippen LogP contribution < -0.4 is 5.32 Å². The van der Waals surface area contributed by atoms with Crippen LogP contribution in [0, 0.1) is 6.92 Å². The highest BCUT2D eigenvalue weighted by atomic mass is 16.2. The summed E-state index contributed by atoms with van der Waals surface area (Å²) in [7, 11) is 0. The zero-order chi connectivity index (χ0) is 13.0. The minimum atomic E-state index is 0.0847. The summed E-state index contributed by atoms with van der Waals surface area (Å²) in [6.45, 7) is 4.28. The van der Waals surface area contributed by atoms with Crippen LogP contribution in [0.3, 0.4) is 0 Å². The van der Waals surface area contributed by atoms with Crippen molar-refractivity contribution in [3.63, 3.8) is 0 Å². The number of benzene rings is 1. The third-order valence-corrected chi connectivity index (χ3v) is 3.84. The van der Waals surface area contributed by atoms with Gasteiger partial charge in [0.1, 0.15) is 0 Å². The Labute approximate surface area is 110 Å². The molecule has 1 N–H and O–H groups in total. The molecule has 1 aliphatic heterocycles. The lowest BCUT2D eigenvalue weighted by Gasteiger charge is -2.08. The van der Waals surface area contributed by atoms with Crippen LogP contribution in [0.1, 0.15) is 62.5 Å². The summed E-state index contributed by atoms with van der Waals surface area (Å²) < 4.78 is 0. The molecule has 2 nitrogen and oxygen atoms in total. The second-order valence-electron chi connectivity index (χ2n) is 5.28. The number of rotatable bonds is 6. The molecule has 1 atom stereocenters. The van der Waals surface area contributed by atoms with Gasteiger partial charge in [-0.3, -0.25) is 4.79 Å². The van der Waals surface area contributed by atoms with Gasteiger partial charge >= 0.3 is 0 Å². The van der Waals surface area contributed by atoms with Gasteiger partial charge in [0.25, 0.3) is 0 Å². The second kappa shape index (κ2) is 6.03. The van der Waals surface area contributed by atoms with E-state index >= 15 is 0 Å². The van der Waals surface area contributed by atoms with Crippen LogP contribution >= 0.6 is 0 Å². The Bertz CT molecular complexity index is 425. The number of para-hydroxylation sites is 1. The fourth-order valence-electron chi connectivity index (χ4n) is 2.74. The van der Waals surface area contributed by atoms with Crippen molar-refractivity contribution in [3.05, 3.63) is 29.3 Å². The first-order valence-corrected chi connectivity index (χ1v) is 7.14. The zero-order valence-electron chi connectivity index (χ0n) is 11.5. The number of nitrogens with one attached hydrogen (secondary N) is 1. The molecule has 1 aliphatic rings. The monoisotopic (exact) mass is 245 g/mol. The first-order chi connectivity index (χ1) is 8.74. The average molecular weight is 245 g/mol. The molecule has 0 bridgehead atoms. The van der Waals surface area contributed by atoms with Gasteiger partial charge in [-0.2, -0.15) is 0 Å². The van der Waals surface area contributed by atoms with Gasteiger partial charge in [-0.15, -0.1) is 0 Å². The SMILES string of the molecule is CCCCCCCC1C(=O)Nc2c(C)cccc21. The predicted molar refractivity (Wildman–Crippen MR) is 75.9 cm³/mol. The average Bonchev–Trinajstić information content (AvgIpc) is 2.68. The number of aryl methyl sites for hydroxylation is 1. The summed E-state index contributed by atoms with van der Waals surface area (Å²) in [5, 5.41) is 3.03. The molecular weight excluding hydrogens is 222 g/mol. The van der Waals surface area contributed by atoms with E-state index in [0.717, 1.165) is 18.5 Å². The predicted octanol–water partition coefficient (Wildman–Crippen LogP) is 4.39. The number of amides is 1. The van der Waals surface area contributed by atoms with E-state index in [1.165, 1.54) is 36.8 Å². The molecule has 98 valence electrons. The smallest absolute Gasteiger partial charge is 0.232 e. The number of hydrogen-bond donors (Lipinski definition) is 1. The van der Waals surface area contributed by atoms with Gasteiger partial charge in [0.2, 0.25) is 5.91 Å². The van der Waals surface area contributed by atoms with Gasteiger partial charge in [-0.05, 0) is 24.5 Å². The van der Waals surface area contributed by atoms with Crippen molar-refractivity contribution in [2.24, 2.45) is 0 Å². The molecule has 0 spiro atoms. The highest BCUT2D eigenvalue weighted by Gasteiger charge is 2.30. The number of unbranched alkanes of at least 4 members (excludes halogenated alkanes) is 4. The van der Waals surface area contributed by atoms with E-state index in [1.807, 2.05) is 0 Å². The quantitative estimate of drug-likeness (QED) is 0.740. The number of hydrogen-bond acceptors (Lipinski definition) is 1. The van der Waals surface area contributed by atoms with Crippen molar-refractivity contribution in [1.82, 2.24) is 0 Å². The van der Waals surface area contributed by atoms with E-state index < -0.39 is 0 Å². The van der Waals surface area contributed by atoms with Crippen LogP contribution in [-0.4, -0.2) is 5.91 Å². The van der Waals surface area contributed by atoms with Gasteiger partial charge in [0, 0.05) is 5.69 Å². The molecule has 0 fully saturated rings. The standard InChI is InChI=1S/C16H23NO/c1-3-4-5-6-7-10-14-13-11-8-9-12(2)15(13)17-16(14)18/h8-9,11,14H,3-7,10H2,1-2H3,(H,17,18). The molecule has 0 aromatic heterocycles. The highest BCUT2D eigenvalue weighted by Crippen LogP contribution is 2.37. The number of carbonyl (C=O) groups is 1. The maximum atomic E-state index is 12.0. The molecule has 1 amide bonds. The van der Waals surface area contributed by atoms with Gasteiger partial charge in [0.05, 0.1) is 5.92 Å². The van der Waals surface area contributed by atoms with Crippen molar-refractivity contribution in [1.29, 1.82) is 0 Å². The third-order valence-electron chi connectivity index (χ3n) is 3.84. The highest BCUT2D eigenvalue weighted by molar-refractivity contribution is 6.03. The minimum Gasteiger partial charge on any atom is -0.325 e. The molecular formula is C16H23NO. The number of fused-ring (bicyclic) bond motifs is 1. The lowest BCUT2D eigenvalue weighted by Crippen LogP contribution is -2.12. The first kappa shape index (κ1) is 13.1. The molecule has 0 radical (unpaired) electrons. The Morgan fingerprint density at radius 1 is 1.17 bits per heavy atom. The largest absolute Gasteiger partial charge is 0.325 e. The van der Waals surface area contributed by atoms with E-state index in [4.69, 9.17) is 0 Å². The molecule has 1 aromatic rings. The zero-order valence-corrected chi connectivity index (χ0v) is 11.5. The van der Waals surface area contributed by atoms with Crippen LogP contribution in [0.15, 0.2) is 18.2 Å². The van der Waals surface area contributed by atoms with E-state index in [2.05, 4.69) is 37.4 Å². The Morgan fingerprint density at radius 3 is 2.72 bits per heavy atom. The first-order valence-electron chi connectivity index (χ1n) is 7.14. The topological polar surface area (TPSA) is 29.1 Å². The van der Waals surface area contributed by atoms with Crippen molar-refractivity contribution in [2.45, 2.75) is 58.3 Å². The summed E-state index contributed by atoms with van der Waals surface area (Å²) in [6, 6.07) is 6.21. The summed E-state index contributed by atoms with van der Waals surface area (Å²) in [5.74, 6) is 0.274. The summed E-state index contributed by atoms with van der Waals surface area (Å²) >= 11 is 0. The molecule has 1 aromatic carbocycles. The third kappa shape index (κ3) is 2.74. The maximum absolute atomic E-state index is 12.0. The fourth-order valence-corrected chi connectivity index (χ4v) is 2.74. The van der Waals surface area contributed by atoms with Crippen LogP contribution in [0.25, 0.3) is 0 Å². The minimum absolute atomic E-state index is 0.0847. The van der Waals surface area contributed by atoms with Crippen LogP contribution in [0.5, 0.6) is 0 Å². The molecule has 0 saturated carbocycles. The Hall–Kier alpha value is -1.31. The van der Waals surface area contributed by atoms with Gasteiger partial charge in [0.15, 0.2) is 0 Å². The normalized spacial score (nSPS) is 17.7. The van der Waals surface area contributed by atoms with Crippen molar-refractivity contribution in [3.8, 4) is 0 Å². The Balaban J connectivity index is 1.94. The van der Waals surface area contributed by atoms with Crippen molar-refractivity contribution >= 4 is 11.6 Å². The van der Waals surface area contributed by atoms with Crippen LogP contribution in [0.4, 0.5) is 5.69 Å². The maximum Gasteiger partial charge on any atom is 0.232 e. The molecule has 0 saturated heterocycles. The summed E-state index contributed by atoms with van der Waals surface area (Å²) in [4.78, 5) is 12.0. The molecule has 0 aliphatic carbocycles. The lowest BCUT2D eigenvalue weighted by molar-refractivity contribution is -0.117. The molecule has 1 unspecified atom stereocenters. The Morgan fingerprint density at radius 2 is 1.94 bits per heavy atom. The number of anilines is 1. The van der Waals surface area contributed by atoms with Crippen LogP contribution in [0.2, 0.25) is 0 Å². The van der Waals surface area contributed by atoms with Crippen LogP contribution in [-0.2, 0) is 4.79 Å². The van der Waals surface area contributed by atoms with Crippen molar-refractivity contribution < 1.29 is 4.79 Å². The summed E-state index contributed by atoms with van der Waals surface area (Å²) in [5.41, 5.74) is 3.44. The van der Waals surface area contributed by atoms with E-state index in [0.29, 0.717) is 0 Å². The molecule has 2 heteroatoms. The van der Waals surface area contributed by atoms with Gasteiger partial charge in [-0.25, -0.2) is 0 Å². The van der Waals surface area contributed by atoms with Crippen molar-refractivity contribution in [2.75, 3.05) is 5.32 Å². The fraction of sp³-hybridized carbons (Fsp3) is 0.562. The van der Waals surface area contributed by atoms with E-state index in [1.54, 1.807) is 0 Å². The summed E-state index contributed by atoms with van der Waals surface area (Å²) in [6.07, 6.45) is 7.28. The van der Waals surface area contributed by atoms with E-state index in [-0.39, 0.29) is 11.8 Å². The van der Waals surface area contributed by atoms with E-state index in [9.17, 15) is 4.79 Å². The number of carbonyl (C=O) groups excluding carboxylic acids is 1. The second-order valence-corrected chi connectivity index (χ2v) is 5.28. The molecule has 2 rings (SSSR count). The lowest BCUT2D eigenvalue weighted by atomic mass is 9.93.